The average Bonchev–Trinajstić information content (AvgIpc) is 3.06. The Morgan fingerprint density at radius 2 is 0.714 bits per heavy atom. The summed E-state index contributed by atoms with van der Waals surface area (Å²) in [6.45, 7) is 4.49. The van der Waals surface area contributed by atoms with Gasteiger partial charge < -0.3 is 0 Å². The molecule has 0 fully saturated rings. The minimum Gasteiger partial charge on any atom is -0.0654 e. The van der Waals surface area contributed by atoms with Gasteiger partial charge in [0.2, 0.25) is 0 Å². The molecule has 0 N–H and O–H groups in total. The maximum atomic E-state index is 2.27. The third kappa shape index (κ3) is 8.08. The second-order valence-corrected chi connectivity index (χ2v) is 11.1. The van der Waals surface area contributed by atoms with Gasteiger partial charge in [-0.25, -0.2) is 0 Å². The molecule has 0 unspecified atom stereocenters. The molecule has 5 rings (SSSR count). The quantitative estimate of drug-likeness (QED) is 0.137. The highest BCUT2D eigenvalue weighted by Gasteiger charge is 2.01. The predicted molar refractivity (Wildman–Crippen MR) is 185 cm³/mol. The summed E-state index contributed by atoms with van der Waals surface area (Å²) in [5.41, 5.74) is 12.7. The third-order valence-electron chi connectivity index (χ3n) is 7.94. The van der Waals surface area contributed by atoms with Gasteiger partial charge in [0.15, 0.2) is 0 Å². The lowest BCUT2D eigenvalue weighted by Crippen LogP contribution is -1.85. The molecule has 0 nitrogen and oxygen atoms in total. The lowest BCUT2D eigenvalue weighted by molar-refractivity contribution is 0.795. The largest absolute Gasteiger partial charge is 0.0654 e. The van der Waals surface area contributed by atoms with Gasteiger partial charge in [0.1, 0.15) is 0 Å². The molecule has 0 saturated heterocycles. The van der Waals surface area contributed by atoms with E-state index in [-0.39, 0.29) is 0 Å². The van der Waals surface area contributed by atoms with E-state index in [0.717, 1.165) is 12.8 Å². The van der Waals surface area contributed by atoms with Crippen molar-refractivity contribution in [2.24, 2.45) is 0 Å². The SMILES string of the molecule is CCCCc1ccc(-c2ccc(/C=C/c3ccccc3/C=C/c3ccc(-c4ccc(CCCC)cc4)cc3)cc2)cc1. The molecule has 0 atom stereocenters. The standard InChI is InChI=1S/C42H42/c1-3-5-9-33-13-25-39(26-14-33)41-29-19-35(20-30-41)17-23-37-11-7-8-12-38(37)24-18-36-21-31-42(32-22-36)40-27-15-34(16-28-40)10-6-4-2/h7-8,11-32H,3-6,9-10H2,1-2H3/b23-17+,24-18+. The van der Waals surface area contributed by atoms with Gasteiger partial charge in [-0.2, -0.15) is 0 Å². The molecule has 0 radical (unpaired) electrons. The fourth-order valence-electron chi connectivity index (χ4n) is 5.25. The van der Waals surface area contributed by atoms with Crippen molar-refractivity contribution >= 4 is 24.3 Å². The van der Waals surface area contributed by atoms with Crippen LogP contribution in [0, 0.1) is 0 Å². The Labute approximate surface area is 253 Å². The summed E-state index contributed by atoms with van der Waals surface area (Å²) in [5.74, 6) is 0. The number of rotatable bonds is 12. The first-order valence-corrected chi connectivity index (χ1v) is 15.6. The van der Waals surface area contributed by atoms with Crippen molar-refractivity contribution in [2.45, 2.75) is 52.4 Å². The van der Waals surface area contributed by atoms with Crippen LogP contribution in [0.1, 0.15) is 72.9 Å². The van der Waals surface area contributed by atoms with Crippen LogP contribution >= 0.6 is 0 Å². The Kier molecular flexibility index (Phi) is 10.4. The van der Waals surface area contributed by atoms with Gasteiger partial charge in [-0.3, -0.25) is 0 Å². The number of aryl methyl sites for hydroxylation is 2. The zero-order valence-corrected chi connectivity index (χ0v) is 25.1. The summed E-state index contributed by atoms with van der Waals surface area (Å²) in [6, 6.07) is 44.3. The van der Waals surface area contributed by atoms with E-state index >= 15 is 0 Å². The second kappa shape index (κ2) is 15.0. The summed E-state index contributed by atoms with van der Waals surface area (Å²) in [5, 5.41) is 0. The molecule has 0 saturated carbocycles. The fourth-order valence-corrected chi connectivity index (χ4v) is 5.25. The van der Waals surface area contributed by atoms with Gasteiger partial charge in [-0.1, -0.05) is 172 Å². The number of hydrogen-bond donors (Lipinski definition) is 0. The van der Waals surface area contributed by atoms with E-state index < -0.39 is 0 Å². The smallest absolute Gasteiger partial charge is 0.0184 e. The maximum absolute atomic E-state index is 2.27. The first-order valence-electron chi connectivity index (χ1n) is 15.6. The topological polar surface area (TPSA) is 0 Å². The first kappa shape index (κ1) is 29.1. The fraction of sp³-hybridized carbons (Fsp3) is 0.190. The van der Waals surface area contributed by atoms with Crippen LogP contribution in [0.2, 0.25) is 0 Å². The Hall–Kier alpha value is -4.42. The summed E-state index contributed by atoms with van der Waals surface area (Å²) in [7, 11) is 0. The zero-order chi connectivity index (χ0) is 29.0. The molecule has 0 heteroatoms. The Morgan fingerprint density at radius 3 is 1.05 bits per heavy atom. The number of benzene rings is 5. The van der Waals surface area contributed by atoms with Gasteiger partial charge in [-0.05, 0) is 81.3 Å². The Balaban J connectivity index is 1.23. The van der Waals surface area contributed by atoms with Gasteiger partial charge >= 0.3 is 0 Å². The van der Waals surface area contributed by atoms with Crippen LogP contribution in [-0.4, -0.2) is 0 Å². The van der Waals surface area contributed by atoms with E-state index in [9.17, 15) is 0 Å². The van der Waals surface area contributed by atoms with E-state index in [4.69, 9.17) is 0 Å². The predicted octanol–water partition coefficient (Wildman–Crippen LogP) is 12.0. The molecule has 0 aliphatic heterocycles. The monoisotopic (exact) mass is 546 g/mol. The van der Waals surface area contributed by atoms with E-state index in [1.165, 1.54) is 81.3 Å². The first-order chi connectivity index (χ1) is 20.7. The molecule has 0 aromatic heterocycles. The van der Waals surface area contributed by atoms with E-state index in [0.29, 0.717) is 0 Å². The van der Waals surface area contributed by atoms with Crippen LogP contribution < -0.4 is 0 Å². The van der Waals surface area contributed by atoms with Crippen molar-refractivity contribution in [3.63, 3.8) is 0 Å². The lowest BCUT2D eigenvalue weighted by atomic mass is 9.99. The van der Waals surface area contributed by atoms with Gasteiger partial charge in [-0.15, -0.1) is 0 Å². The van der Waals surface area contributed by atoms with Crippen LogP contribution in [0.3, 0.4) is 0 Å². The number of hydrogen-bond acceptors (Lipinski definition) is 0. The molecule has 5 aromatic rings. The molecule has 0 aliphatic rings. The van der Waals surface area contributed by atoms with E-state index in [1.807, 2.05) is 0 Å². The van der Waals surface area contributed by atoms with Gasteiger partial charge in [0.25, 0.3) is 0 Å². The Morgan fingerprint density at radius 1 is 0.381 bits per heavy atom. The third-order valence-corrected chi connectivity index (χ3v) is 7.94. The molecule has 42 heavy (non-hydrogen) atoms. The van der Waals surface area contributed by atoms with Gasteiger partial charge in [0, 0.05) is 0 Å². The van der Waals surface area contributed by atoms with Crippen molar-refractivity contribution < 1.29 is 0 Å². The molecule has 0 spiro atoms. The van der Waals surface area contributed by atoms with Crippen molar-refractivity contribution in [2.75, 3.05) is 0 Å². The summed E-state index contributed by atoms with van der Waals surface area (Å²) >= 11 is 0. The van der Waals surface area contributed by atoms with Crippen LogP contribution in [0.4, 0.5) is 0 Å². The summed E-state index contributed by atoms with van der Waals surface area (Å²) in [4.78, 5) is 0. The van der Waals surface area contributed by atoms with Gasteiger partial charge in [0.05, 0.1) is 0 Å². The highest BCUT2D eigenvalue weighted by Crippen LogP contribution is 2.24. The van der Waals surface area contributed by atoms with Crippen molar-refractivity contribution in [1.29, 1.82) is 0 Å². The summed E-state index contributed by atoms with van der Waals surface area (Å²) < 4.78 is 0. The molecule has 5 aromatic carbocycles. The minimum absolute atomic E-state index is 1.16. The normalized spacial score (nSPS) is 11.5. The van der Waals surface area contributed by atoms with Crippen LogP contribution in [0.25, 0.3) is 46.6 Å². The van der Waals surface area contributed by atoms with Crippen molar-refractivity contribution in [1.82, 2.24) is 0 Å². The second-order valence-electron chi connectivity index (χ2n) is 11.1. The van der Waals surface area contributed by atoms with Crippen LogP contribution in [-0.2, 0) is 12.8 Å². The highest BCUT2D eigenvalue weighted by atomic mass is 14.1. The molecule has 0 amide bonds. The molecule has 0 bridgehead atoms. The summed E-state index contributed by atoms with van der Waals surface area (Å²) in [6.07, 6.45) is 16.1. The van der Waals surface area contributed by atoms with Crippen molar-refractivity contribution in [3.8, 4) is 22.3 Å². The molecule has 0 heterocycles. The Bertz CT molecular complexity index is 1460. The highest BCUT2D eigenvalue weighted by molar-refractivity contribution is 5.80. The number of unbranched alkanes of at least 4 members (excludes halogenated alkanes) is 2. The van der Waals surface area contributed by atoms with Crippen LogP contribution in [0.15, 0.2) is 121 Å². The molecular weight excluding hydrogens is 504 g/mol. The van der Waals surface area contributed by atoms with E-state index in [1.54, 1.807) is 0 Å². The van der Waals surface area contributed by atoms with Crippen molar-refractivity contribution in [3.05, 3.63) is 155 Å². The molecule has 210 valence electrons. The molecule has 0 aliphatic carbocycles. The maximum Gasteiger partial charge on any atom is -0.0184 e. The van der Waals surface area contributed by atoms with Crippen LogP contribution in [0.5, 0.6) is 0 Å². The average molecular weight is 547 g/mol. The zero-order valence-electron chi connectivity index (χ0n) is 25.1. The molecular formula is C42H42. The van der Waals surface area contributed by atoms with E-state index in [2.05, 4.69) is 159 Å². The minimum atomic E-state index is 1.16. The lowest BCUT2D eigenvalue weighted by Gasteiger charge is -2.06.